The highest BCUT2D eigenvalue weighted by Crippen LogP contribution is 2.24. The number of carboxylic acids is 1. The number of nitrogens with one attached hydrogen (secondary N) is 1. The Hall–Kier alpha value is -0.830. The minimum absolute atomic E-state index is 0.00837. The lowest BCUT2D eigenvalue weighted by Crippen LogP contribution is -2.30. The number of carbonyl (C=O) groups is 1. The molecule has 0 spiro atoms. The minimum atomic E-state index is -4.16. The van der Waals surface area contributed by atoms with Gasteiger partial charge in [0.2, 0.25) is 10.0 Å². The van der Waals surface area contributed by atoms with Crippen molar-refractivity contribution in [2.24, 2.45) is 0 Å². The summed E-state index contributed by atoms with van der Waals surface area (Å²) in [6.07, 6.45) is 1.81. The summed E-state index contributed by atoms with van der Waals surface area (Å²) >= 11 is 7.07. The molecule has 0 heterocycles. The standard InChI is InChI=1S/C11H13ClFNO4S2/c1-6(19-2)5-14-20(17,18)9-4-7(12)3-8(10(9)13)11(15)16/h3-4,6,14H,5H2,1-2H3,(H,15,16). The molecule has 0 saturated heterocycles. The van der Waals surface area contributed by atoms with E-state index in [0.717, 1.165) is 12.1 Å². The summed E-state index contributed by atoms with van der Waals surface area (Å²) < 4.78 is 40.1. The quantitative estimate of drug-likeness (QED) is 0.828. The predicted molar refractivity (Wildman–Crippen MR) is 76.5 cm³/mol. The molecule has 5 nitrogen and oxygen atoms in total. The second-order valence-corrected chi connectivity index (χ2v) is 7.42. The van der Waals surface area contributed by atoms with Crippen molar-refractivity contribution in [1.82, 2.24) is 4.72 Å². The molecule has 0 aliphatic rings. The number of rotatable bonds is 6. The Morgan fingerprint density at radius 3 is 2.65 bits per heavy atom. The lowest BCUT2D eigenvalue weighted by molar-refractivity contribution is 0.0691. The van der Waals surface area contributed by atoms with Crippen molar-refractivity contribution in [3.8, 4) is 0 Å². The van der Waals surface area contributed by atoms with Crippen molar-refractivity contribution in [1.29, 1.82) is 0 Å². The molecule has 112 valence electrons. The normalized spacial score (nSPS) is 13.2. The number of hydrogen-bond donors (Lipinski definition) is 2. The molecule has 1 aromatic carbocycles. The maximum absolute atomic E-state index is 13.9. The third-order valence-electron chi connectivity index (χ3n) is 2.49. The number of sulfonamides is 1. The minimum Gasteiger partial charge on any atom is -0.478 e. The third kappa shape index (κ3) is 4.08. The van der Waals surface area contributed by atoms with E-state index in [-0.39, 0.29) is 16.8 Å². The van der Waals surface area contributed by atoms with Gasteiger partial charge >= 0.3 is 5.97 Å². The van der Waals surface area contributed by atoms with E-state index in [1.165, 1.54) is 11.8 Å². The summed E-state index contributed by atoms with van der Waals surface area (Å²) in [7, 11) is -4.16. The van der Waals surface area contributed by atoms with Gasteiger partial charge in [-0.1, -0.05) is 18.5 Å². The van der Waals surface area contributed by atoms with Gasteiger partial charge in [0, 0.05) is 16.8 Å². The highest BCUT2D eigenvalue weighted by Gasteiger charge is 2.25. The van der Waals surface area contributed by atoms with Crippen LogP contribution in [0.4, 0.5) is 4.39 Å². The molecule has 0 aliphatic heterocycles. The number of thioether (sulfide) groups is 1. The van der Waals surface area contributed by atoms with Crippen LogP contribution in [-0.2, 0) is 10.0 Å². The Kier molecular flexibility index (Phi) is 5.81. The van der Waals surface area contributed by atoms with Crippen molar-refractivity contribution in [2.45, 2.75) is 17.1 Å². The summed E-state index contributed by atoms with van der Waals surface area (Å²) in [5.41, 5.74) is -0.782. The molecule has 1 unspecified atom stereocenters. The first-order valence-electron chi connectivity index (χ1n) is 5.44. The van der Waals surface area contributed by atoms with Gasteiger partial charge in [-0.25, -0.2) is 22.3 Å². The Bertz CT molecular complexity index is 621. The molecule has 0 bridgehead atoms. The van der Waals surface area contributed by atoms with E-state index >= 15 is 0 Å². The number of benzene rings is 1. The summed E-state index contributed by atoms with van der Waals surface area (Å²) in [4.78, 5) is 10.1. The first-order valence-corrected chi connectivity index (χ1v) is 8.58. The molecule has 0 saturated carbocycles. The van der Waals surface area contributed by atoms with Gasteiger partial charge in [-0.2, -0.15) is 11.8 Å². The summed E-state index contributed by atoms with van der Waals surface area (Å²) in [5, 5.41) is 8.65. The molecular formula is C11H13ClFNO4S2. The summed E-state index contributed by atoms with van der Waals surface area (Å²) in [6.45, 7) is 1.89. The highest BCUT2D eigenvalue weighted by molar-refractivity contribution is 7.99. The lowest BCUT2D eigenvalue weighted by Gasteiger charge is -2.12. The van der Waals surface area contributed by atoms with Crippen molar-refractivity contribution in [3.63, 3.8) is 0 Å². The van der Waals surface area contributed by atoms with Crippen molar-refractivity contribution >= 4 is 39.4 Å². The number of carboxylic acid groups (broad SMARTS) is 1. The molecule has 0 radical (unpaired) electrons. The van der Waals surface area contributed by atoms with Gasteiger partial charge in [-0.05, 0) is 18.4 Å². The van der Waals surface area contributed by atoms with Gasteiger partial charge in [0.25, 0.3) is 0 Å². The zero-order chi connectivity index (χ0) is 15.5. The second-order valence-electron chi connectivity index (χ2n) is 3.97. The average molecular weight is 342 g/mol. The van der Waals surface area contributed by atoms with Crippen LogP contribution < -0.4 is 4.72 Å². The van der Waals surface area contributed by atoms with Crippen LogP contribution in [0.25, 0.3) is 0 Å². The van der Waals surface area contributed by atoms with E-state index in [0.29, 0.717) is 0 Å². The Morgan fingerprint density at radius 1 is 1.55 bits per heavy atom. The highest BCUT2D eigenvalue weighted by atomic mass is 35.5. The van der Waals surface area contributed by atoms with Crippen molar-refractivity contribution in [3.05, 3.63) is 28.5 Å². The molecule has 20 heavy (non-hydrogen) atoms. The number of hydrogen-bond acceptors (Lipinski definition) is 4. The molecule has 1 atom stereocenters. The Balaban J connectivity index is 3.21. The first-order chi connectivity index (χ1) is 9.19. The topological polar surface area (TPSA) is 83.5 Å². The fraction of sp³-hybridized carbons (Fsp3) is 0.364. The fourth-order valence-corrected chi connectivity index (χ4v) is 3.19. The zero-order valence-electron chi connectivity index (χ0n) is 10.7. The zero-order valence-corrected chi connectivity index (χ0v) is 13.1. The SMILES string of the molecule is CSC(C)CNS(=O)(=O)c1cc(Cl)cc(C(=O)O)c1F. The van der Waals surface area contributed by atoms with Gasteiger partial charge in [0.1, 0.15) is 4.90 Å². The van der Waals surface area contributed by atoms with Gasteiger partial charge in [0.05, 0.1) is 5.56 Å². The smallest absolute Gasteiger partial charge is 0.338 e. The van der Waals surface area contributed by atoms with E-state index in [2.05, 4.69) is 4.72 Å². The Labute approximate surface area is 125 Å². The molecule has 0 aromatic heterocycles. The van der Waals surface area contributed by atoms with Gasteiger partial charge in [0.15, 0.2) is 5.82 Å². The van der Waals surface area contributed by atoms with E-state index in [1.54, 1.807) is 6.92 Å². The van der Waals surface area contributed by atoms with E-state index in [1.807, 2.05) is 6.26 Å². The van der Waals surface area contributed by atoms with Gasteiger partial charge in [-0.15, -0.1) is 0 Å². The molecule has 0 fully saturated rings. The van der Waals surface area contributed by atoms with Crippen molar-refractivity contribution < 1.29 is 22.7 Å². The van der Waals surface area contributed by atoms with Crippen LogP contribution in [-0.4, -0.2) is 37.5 Å². The maximum Gasteiger partial charge on any atom is 0.338 e. The molecule has 2 N–H and O–H groups in total. The van der Waals surface area contributed by atoms with Crippen LogP contribution in [0.3, 0.4) is 0 Å². The van der Waals surface area contributed by atoms with Crippen LogP contribution in [0.5, 0.6) is 0 Å². The summed E-state index contributed by atoms with van der Waals surface area (Å²) in [6, 6.07) is 1.75. The molecular weight excluding hydrogens is 329 g/mol. The molecule has 1 aromatic rings. The first kappa shape index (κ1) is 17.2. The predicted octanol–water partition coefficient (Wildman–Crippen LogP) is 2.21. The largest absolute Gasteiger partial charge is 0.478 e. The van der Waals surface area contributed by atoms with Crippen LogP contribution in [0.15, 0.2) is 17.0 Å². The molecule has 1 rings (SSSR count). The van der Waals surface area contributed by atoms with E-state index in [9.17, 15) is 17.6 Å². The van der Waals surface area contributed by atoms with Gasteiger partial charge in [-0.3, -0.25) is 0 Å². The van der Waals surface area contributed by atoms with Crippen LogP contribution in [0.1, 0.15) is 17.3 Å². The lowest BCUT2D eigenvalue weighted by atomic mass is 10.2. The maximum atomic E-state index is 13.9. The average Bonchev–Trinajstić information content (AvgIpc) is 2.37. The van der Waals surface area contributed by atoms with Gasteiger partial charge < -0.3 is 5.11 Å². The van der Waals surface area contributed by atoms with E-state index < -0.39 is 32.3 Å². The monoisotopic (exact) mass is 341 g/mol. The third-order valence-corrected chi connectivity index (χ3v) is 5.10. The van der Waals surface area contributed by atoms with E-state index in [4.69, 9.17) is 16.7 Å². The van der Waals surface area contributed by atoms with Crippen molar-refractivity contribution in [2.75, 3.05) is 12.8 Å². The Morgan fingerprint density at radius 2 is 2.15 bits per heavy atom. The summed E-state index contributed by atoms with van der Waals surface area (Å²) in [5.74, 6) is -2.91. The number of aromatic carboxylic acids is 1. The van der Waals surface area contributed by atoms with Crippen LogP contribution >= 0.6 is 23.4 Å². The second kappa shape index (κ2) is 6.75. The molecule has 9 heteroatoms. The van der Waals surface area contributed by atoms with Crippen LogP contribution in [0.2, 0.25) is 5.02 Å². The van der Waals surface area contributed by atoms with Crippen LogP contribution in [0, 0.1) is 5.82 Å². The fourth-order valence-electron chi connectivity index (χ4n) is 1.30. The molecule has 0 amide bonds. The number of halogens is 2. The molecule has 0 aliphatic carbocycles.